The minimum absolute atomic E-state index is 0.0897. The Bertz CT molecular complexity index is 1200. The molecule has 1 aliphatic rings. The lowest BCUT2D eigenvalue weighted by atomic mass is 9.98. The van der Waals surface area contributed by atoms with Crippen LogP contribution in [-0.4, -0.2) is 36.2 Å². The second-order valence-electron chi connectivity index (χ2n) is 6.90. The maximum Gasteiger partial charge on any atom is 0.411 e. The predicted octanol–water partition coefficient (Wildman–Crippen LogP) is 3.46. The summed E-state index contributed by atoms with van der Waals surface area (Å²) >= 11 is 0. The molecule has 0 radical (unpaired) electrons. The number of carbonyl (C=O) groups excluding carboxylic acids is 2. The molecular weight excluding hydrogens is 412 g/mol. The van der Waals surface area contributed by atoms with Crippen molar-refractivity contribution in [2.24, 2.45) is 0 Å². The number of anilines is 1. The van der Waals surface area contributed by atoms with Crippen molar-refractivity contribution in [3.05, 3.63) is 77.7 Å². The van der Waals surface area contributed by atoms with E-state index >= 15 is 0 Å². The van der Waals surface area contributed by atoms with Gasteiger partial charge in [0.05, 0.1) is 18.5 Å². The van der Waals surface area contributed by atoms with Gasteiger partial charge in [-0.25, -0.2) is 9.59 Å². The Labute approximate surface area is 183 Å². The zero-order valence-corrected chi connectivity index (χ0v) is 16.8. The van der Waals surface area contributed by atoms with Gasteiger partial charge in [-0.05, 0) is 22.3 Å². The number of ether oxygens (including phenoxy) is 1. The highest BCUT2D eigenvalue weighted by Gasteiger charge is 2.29. The van der Waals surface area contributed by atoms with E-state index in [1.807, 2.05) is 54.5 Å². The Morgan fingerprint density at radius 2 is 1.66 bits per heavy atom. The number of aliphatic carboxylic acids is 1. The number of fused-ring (bicyclic) bond motifs is 3. The molecule has 1 aromatic heterocycles. The van der Waals surface area contributed by atoms with E-state index in [9.17, 15) is 14.4 Å². The number of hydrogen-bond donors (Lipinski definition) is 3. The van der Waals surface area contributed by atoms with Crippen LogP contribution in [0.3, 0.4) is 0 Å². The van der Waals surface area contributed by atoms with E-state index in [1.165, 1.54) is 12.3 Å². The van der Waals surface area contributed by atoms with Gasteiger partial charge in [-0.15, -0.1) is 0 Å². The van der Waals surface area contributed by atoms with Gasteiger partial charge in [-0.1, -0.05) is 54.5 Å². The lowest BCUT2D eigenvalue weighted by Crippen LogP contribution is -2.25. The average Bonchev–Trinajstić information content (AvgIpc) is 3.37. The molecule has 0 saturated heterocycles. The molecule has 8 nitrogen and oxygen atoms in total. The number of amides is 2. The maximum absolute atomic E-state index is 12.4. The predicted molar refractivity (Wildman–Crippen MR) is 115 cm³/mol. The maximum atomic E-state index is 12.4. The molecule has 0 bridgehead atoms. The monoisotopic (exact) mass is 430 g/mol. The van der Waals surface area contributed by atoms with Gasteiger partial charge in [-0.2, -0.15) is 0 Å². The first-order valence-corrected chi connectivity index (χ1v) is 9.74. The zero-order chi connectivity index (χ0) is 22.5. The summed E-state index contributed by atoms with van der Waals surface area (Å²) < 4.78 is 10.6. The highest BCUT2D eigenvalue weighted by atomic mass is 16.5. The molecule has 0 unspecified atom stereocenters. The molecule has 0 atom stereocenters. The highest BCUT2D eigenvalue weighted by Crippen LogP contribution is 2.44. The molecule has 32 heavy (non-hydrogen) atoms. The van der Waals surface area contributed by atoms with E-state index in [0.717, 1.165) is 22.3 Å². The van der Waals surface area contributed by atoms with E-state index < -0.39 is 18.0 Å². The molecule has 0 saturated carbocycles. The third-order valence-corrected chi connectivity index (χ3v) is 4.98. The van der Waals surface area contributed by atoms with Crippen molar-refractivity contribution in [1.82, 2.24) is 5.32 Å². The Morgan fingerprint density at radius 1 is 1.00 bits per heavy atom. The number of benzene rings is 2. The number of hydrogen-bond acceptors (Lipinski definition) is 5. The van der Waals surface area contributed by atoms with Crippen molar-refractivity contribution in [2.75, 3.05) is 18.5 Å². The number of rotatable bonds is 5. The molecule has 8 heteroatoms. The van der Waals surface area contributed by atoms with Gasteiger partial charge in [0.15, 0.2) is 0 Å². The van der Waals surface area contributed by atoms with Crippen LogP contribution < -0.4 is 10.6 Å². The molecule has 0 aliphatic heterocycles. The summed E-state index contributed by atoms with van der Waals surface area (Å²) in [6, 6.07) is 17.4. The molecule has 2 amide bonds. The van der Waals surface area contributed by atoms with Gasteiger partial charge in [0.2, 0.25) is 5.76 Å². The Balaban J connectivity index is 1.39. The van der Waals surface area contributed by atoms with Crippen LogP contribution in [0.5, 0.6) is 0 Å². The van der Waals surface area contributed by atoms with Crippen LogP contribution in [0.1, 0.15) is 27.6 Å². The molecule has 0 spiro atoms. The Hall–Kier alpha value is -4.51. The van der Waals surface area contributed by atoms with Crippen LogP contribution in [0, 0.1) is 11.8 Å². The topological polar surface area (TPSA) is 118 Å². The minimum Gasteiger partial charge on any atom is -0.472 e. The van der Waals surface area contributed by atoms with Crippen LogP contribution in [-0.2, 0) is 9.53 Å². The first kappa shape index (κ1) is 20.8. The smallest absolute Gasteiger partial charge is 0.411 e. The summed E-state index contributed by atoms with van der Waals surface area (Å²) in [6.45, 7) is -0.0553. The van der Waals surface area contributed by atoms with E-state index in [-0.39, 0.29) is 30.5 Å². The molecule has 3 N–H and O–H groups in total. The number of furan rings is 1. The minimum atomic E-state index is -1.30. The van der Waals surface area contributed by atoms with Crippen molar-refractivity contribution >= 4 is 23.7 Å². The normalized spacial score (nSPS) is 11.5. The summed E-state index contributed by atoms with van der Waals surface area (Å²) in [6.07, 6.45) is 0.518. The fraction of sp³-hybridized carbons (Fsp3) is 0.125. The quantitative estimate of drug-likeness (QED) is 0.534. The van der Waals surface area contributed by atoms with Gasteiger partial charge >= 0.3 is 12.1 Å². The van der Waals surface area contributed by atoms with Crippen molar-refractivity contribution in [3.8, 4) is 23.0 Å². The van der Waals surface area contributed by atoms with Gasteiger partial charge in [0.1, 0.15) is 6.61 Å². The van der Waals surface area contributed by atoms with Crippen LogP contribution in [0.25, 0.3) is 11.1 Å². The van der Waals surface area contributed by atoms with Crippen molar-refractivity contribution < 1.29 is 28.6 Å². The second-order valence-corrected chi connectivity index (χ2v) is 6.90. The van der Waals surface area contributed by atoms with Crippen molar-refractivity contribution in [3.63, 3.8) is 0 Å². The third-order valence-electron chi connectivity index (χ3n) is 4.98. The summed E-state index contributed by atoms with van der Waals surface area (Å²) in [7, 11) is 0. The molecule has 2 aromatic carbocycles. The summed E-state index contributed by atoms with van der Waals surface area (Å²) in [5.74, 6) is 1.97. The van der Waals surface area contributed by atoms with Crippen LogP contribution in [0.4, 0.5) is 10.5 Å². The summed E-state index contributed by atoms with van der Waals surface area (Å²) in [5, 5.41) is 13.4. The van der Waals surface area contributed by atoms with Crippen LogP contribution in [0.15, 0.2) is 65.3 Å². The van der Waals surface area contributed by atoms with Gasteiger partial charge in [0, 0.05) is 17.9 Å². The molecule has 0 fully saturated rings. The highest BCUT2D eigenvalue weighted by molar-refractivity contribution is 6.00. The lowest BCUT2D eigenvalue weighted by molar-refractivity contribution is -0.130. The van der Waals surface area contributed by atoms with Gasteiger partial charge in [0.25, 0.3) is 5.91 Å². The standard InChI is InChI=1S/C24H18N2O6/c27-21(28)10-5-12-25-23(29)22-20(11-13-31-22)26-24(30)32-14-19-17-8-3-1-6-15(17)16-7-2-4-9-18(16)19/h1-4,6-9,11,13,19H,12,14H2,(H,25,29)(H,26,30)(H,27,28). The summed E-state index contributed by atoms with van der Waals surface area (Å²) in [4.78, 5) is 35.0. The molecular formula is C24H18N2O6. The first-order valence-electron chi connectivity index (χ1n) is 9.74. The second kappa shape index (κ2) is 9.10. The SMILES string of the molecule is O=C(O)C#CCNC(=O)c1occc1NC(=O)OCC1c2ccccc2-c2ccccc21. The molecule has 1 aliphatic carbocycles. The van der Waals surface area contributed by atoms with E-state index in [1.54, 1.807) is 0 Å². The number of carboxylic acid groups (broad SMARTS) is 1. The van der Waals surface area contributed by atoms with E-state index in [0.29, 0.717) is 0 Å². The fourth-order valence-electron chi connectivity index (χ4n) is 3.65. The molecule has 3 aromatic rings. The molecule has 1 heterocycles. The van der Waals surface area contributed by atoms with Crippen LogP contribution >= 0.6 is 0 Å². The average molecular weight is 430 g/mol. The van der Waals surface area contributed by atoms with Crippen molar-refractivity contribution in [2.45, 2.75) is 5.92 Å². The number of carbonyl (C=O) groups is 3. The van der Waals surface area contributed by atoms with Gasteiger partial charge in [-0.3, -0.25) is 10.1 Å². The molecule has 160 valence electrons. The largest absolute Gasteiger partial charge is 0.472 e. The third kappa shape index (κ3) is 4.32. The lowest BCUT2D eigenvalue weighted by Gasteiger charge is -2.14. The first-order chi connectivity index (χ1) is 15.5. The van der Waals surface area contributed by atoms with E-state index in [2.05, 4.69) is 16.6 Å². The fourth-order valence-corrected chi connectivity index (χ4v) is 3.65. The number of nitrogens with one attached hydrogen (secondary N) is 2. The zero-order valence-electron chi connectivity index (χ0n) is 16.8. The Kier molecular flexibility index (Phi) is 5.90. The van der Waals surface area contributed by atoms with Crippen LogP contribution in [0.2, 0.25) is 0 Å². The van der Waals surface area contributed by atoms with Gasteiger partial charge < -0.3 is 19.6 Å². The van der Waals surface area contributed by atoms with E-state index in [4.69, 9.17) is 14.3 Å². The number of carboxylic acids is 1. The Morgan fingerprint density at radius 3 is 2.31 bits per heavy atom. The molecule has 4 rings (SSSR count). The summed E-state index contributed by atoms with van der Waals surface area (Å²) in [5.41, 5.74) is 4.56. The van der Waals surface area contributed by atoms with Crippen molar-refractivity contribution in [1.29, 1.82) is 0 Å².